The number of hydrazine groups is 1. The minimum Gasteiger partial charge on any atom is -0.445 e. The smallest absolute Gasteiger partial charge is 0.408 e. The minimum absolute atomic E-state index is 0.0464. The molecule has 1 saturated heterocycles. The molecule has 0 bridgehead atoms. The number of amides is 3. The highest BCUT2D eigenvalue weighted by Gasteiger charge is 2.55. The van der Waals surface area contributed by atoms with Crippen LogP contribution in [0.2, 0.25) is 0 Å². The van der Waals surface area contributed by atoms with Crippen molar-refractivity contribution in [3.63, 3.8) is 0 Å². The number of ether oxygens (including phenoxy) is 2. The number of ketones is 1. The zero-order valence-electron chi connectivity index (χ0n) is 25.1. The first-order valence-electron chi connectivity index (χ1n) is 14.5. The molecule has 0 unspecified atom stereocenters. The molecule has 10 heteroatoms. The normalized spacial score (nSPS) is 20.4. The second-order valence-electron chi connectivity index (χ2n) is 11.7. The van der Waals surface area contributed by atoms with Crippen molar-refractivity contribution in [1.82, 2.24) is 20.7 Å². The molecule has 3 amide bonds. The van der Waals surface area contributed by atoms with E-state index in [2.05, 4.69) is 10.6 Å². The predicted octanol–water partition coefficient (Wildman–Crippen LogP) is 5.20. The highest BCUT2D eigenvalue weighted by Crippen LogP contribution is 2.48. The lowest BCUT2D eigenvalue weighted by molar-refractivity contribution is -0.134. The van der Waals surface area contributed by atoms with Crippen LogP contribution in [0.15, 0.2) is 103 Å². The first-order chi connectivity index (χ1) is 21.0. The van der Waals surface area contributed by atoms with Crippen LogP contribution in [0, 0.1) is 0 Å². The van der Waals surface area contributed by atoms with Crippen molar-refractivity contribution in [3.05, 3.63) is 119 Å². The van der Waals surface area contributed by atoms with E-state index in [0.717, 1.165) is 16.7 Å². The monoisotopic (exact) mass is 596 g/mol. The summed E-state index contributed by atoms with van der Waals surface area (Å²) in [4.78, 5) is 53.4. The van der Waals surface area contributed by atoms with E-state index in [0.29, 0.717) is 5.57 Å². The standard InChI is InChI=1S/C34H36N4O6/c1-22(35-33(42)44-34(2,3)4)30(39)26-20-37-31(40)27(36-32(41)43-21-23-14-8-5-9-15-23)29(25-18-12-7-13-19-25)38(37)28(26)24-16-10-6-11-17-24/h5-20,22,27-29H,21H2,1-4H3,(H,35,42)(H,36,41)/t22-,27+,28-,29+/m0/s1. The van der Waals surface area contributed by atoms with Gasteiger partial charge in [0.05, 0.1) is 18.1 Å². The van der Waals surface area contributed by atoms with Crippen LogP contribution in [0.25, 0.3) is 0 Å². The molecule has 0 aromatic heterocycles. The lowest BCUT2D eigenvalue weighted by atomic mass is 9.90. The van der Waals surface area contributed by atoms with Crippen LogP contribution < -0.4 is 10.6 Å². The van der Waals surface area contributed by atoms with Gasteiger partial charge in [-0.25, -0.2) is 14.6 Å². The van der Waals surface area contributed by atoms with Crippen molar-refractivity contribution in [3.8, 4) is 0 Å². The van der Waals surface area contributed by atoms with Gasteiger partial charge in [-0.2, -0.15) is 5.01 Å². The van der Waals surface area contributed by atoms with Gasteiger partial charge in [0.1, 0.15) is 18.2 Å². The van der Waals surface area contributed by atoms with Gasteiger partial charge < -0.3 is 20.1 Å². The molecule has 0 radical (unpaired) electrons. The number of hydrogen-bond acceptors (Lipinski definition) is 7. The first kappa shape index (κ1) is 30.5. The Balaban J connectivity index is 1.47. The van der Waals surface area contributed by atoms with E-state index in [4.69, 9.17) is 9.47 Å². The molecule has 3 aromatic carbocycles. The minimum atomic E-state index is -1.00. The van der Waals surface area contributed by atoms with Crippen molar-refractivity contribution in [2.24, 2.45) is 0 Å². The highest BCUT2D eigenvalue weighted by atomic mass is 16.6. The van der Waals surface area contributed by atoms with Crippen LogP contribution in [0.1, 0.15) is 56.5 Å². The molecular weight excluding hydrogens is 560 g/mol. The first-order valence-corrected chi connectivity index (χ1v) is 14.5. The Bertz CT molecular complexity index is 1540. The molecule has 4 atom stereocenters. The predicted molar refractivity (Wildman–Crippen MR) is 163 cm³/mol. The van der Waals surface area contributed by atoms with Gasteiger partial charge in [-0.05, 0) is 44.4 Å². The molecule has 0 aliphatic carbocycles. The maximum absolute atomic E-state index is 14.0. The molecule has 0 spiro atoms. The second-order valence-corrected chi connectivity index (χ2v) is 11.7. The zero-order valence-corrected chi connectivity index (χ0v) is 25.1. The third-order valence-electron chi connectivity index (χ3n) is 7.32. The van der Waals surface area contributed by atoms with E-state index < -0.39 is 47.9 Å². The van der Waals surface area contributed by atoms with Gasteiger partial charge >= 0.3 is 12.2 Å². The maximum atomic E-state index is 14.0. The molecule has 2 N–H and O–H groups in total. The third kappa shape index (κ3) is 6.65. The van der Waals surface area contributed by atoms with Gasteiger partial charge in [-0.15, -0.1) is 0 Å². The molecule has 5 rings (SSSR count). The lowest BCUT2D eigenvalue weighted by Crippen LogP contribution is -2.45. The van der Waals surface area contributed by atoms with Gasteiger partial charge in [0.25, 0.3) is 5.91 Å². The van der Waals surface area contributed by atoms with Gasteiger partial charge in [0.2, 0.25) is 0 Å². The van der Waals surface area contributed by atoms with Crippen molar-refractivity contribution < 1.29 is 28.7 Å². The van der Waals surface area contributed by atoms with E-state index >= 15 is 0 Å². The molecular formula is C34H36N4O6. The molecule has 1 fully saturated rings. The number of nitrogens with zero attached hydrogens (tertiary/aromatic N) is 2. The Hall–Kier alpha value is -4.96. The Morgan fingerprint density at radius 3 is 2.00 bits per heavy atom. The number of alkyl carbamates (subject to hydrolysis) is 2. The molecule has 2 heterocycles. The molecule has 228 valence electrons. The van der Waals surface area contributed by atoms with Crippen LogP contribution in [-0.2, 0) is 25.7 Å². The molecule has 2 aliphatic rings. The fraction of sp³-hybridized carbons (Fsp3) is 0.294. The van der Waals surface area contributed by atoms with E-state index in [1.165, 1.54) is 11.2 Å². The van der Waals surface area contributed by atoms with Crippen LogP contribution in [0.5, 0.6) is 0 Å². The van der Waals surface area contributed by atoms with Crippen LogP contribution in [-0.4, -0.2) is 51.6 Å². The summed E-state index contributed by atoms with van der Waals surface area (Å²) >= 11 is 0. The largest absolute Gasteiger partial charge is 0.445 e. The fourth-order valence-corrected chi connectivity index (χ4v) is 5.43. The average molecular weight is 597 g/mol. The number of nitrogens with one attached hydrogen (secondary N) is 2. The number of Topliss-reactive ketones (excluding diaryl/α,β-unsaturated/α-hetero) is 1. The summed E-state index contributed by atoms with van der Waals surface area (Å²) in [6.07, 6.45) is 0.0514. The van der Waals surface area contributed by atoms with Gasteiger partial charge in [-0.1, -0.05) is 91.0 Å². The topological polar surface area (TPSA) is 117 Å². The van der Waals surface area contributed by atoms with Crippen molar-refractivity contribution in [2.75, 3.05) is 0 Å². The number of hydrogen-bond donors (Lipinski definition) is 2. The second kappa shape index (κ2) is 12.7. The van der Waals surface area contributed by atoms with Crippen LogP contribution >= 0.6 is 0 Å². The fourth-order valence-electron chi connectivity index (χ4n) is 5.43. The summed E-state index contributed by atoms with van der Waals surface area (Å²) in [7, 11) is 0. The summed E-state index contributed by atoms with van der Waals surface area (Å²) < 4.78 is 10.8. The highest BCUT2D eigenvalue weighted by molar-refractivity contribution is 6.03. The van der Waals surface area contributed by atoms with Gasteiger partial charge in [-0.3, -0.25) is 9.59 Å². The average Bonchev–Trinajstić information content (AvgIpc) is 3.51. The van der Waals surface area contributed by atoms with Crippen molar-refractivity contribution in [2.45, 2.75) is 64.1 Å². The van der Waals surface area contributed by atoms with E-state index in [9.17, 15) is 19.2 Å². The Labute approximate surface area is 256 Å². The maximum Gasteiger partial charge on any atom is 0.408 e. The van der Waals surface area contributed by atoms with Gasteiger partial charge in [0, 0.05) is 11.8 Å². The molecule has 3 aromatic rings. The van der Waals surface area contributed by atoms with Crippen LogP contribution in [0.3, 0.4) is 0 Å². The number of carbonyl (C=O) groups is 4. The number of rotatable bonds is 8. The molecule has 2 aliphatic heterocycles. The number of fused-ring (bicyclic) bond motifs is 1. The Morgan fingerprint density at radius 1 is 0.841 bits per heavy atom. The Kier molecular flexibility index (Phi) is 8.82. The van der Waals surface area contributed by atoms with Gasteiger partial charge in [0.15, 0.2) is 5.78 Å². The summed E-state index contributed by atoms with van der Waals surface area (Å²) in [5, 5.41) is 8.60. The van der Waals surface area contributed by atoms with E-state index in [1.54, 1.807) is 27.7 Å². The molecule has 10 nitrogen and oxygen atoms in total. The van der Waals surface area contributed by atoms with E-state index in [1.807, 2.05) is 96.0 Å². The lowest BCUT2D eigenvalue weighted by Gasteiger charge is -2.33. The third-order valence-corrected chi connectivity index (χ3v) is 7.32. The zero-order chi connectivity index (χ0) is 31.4. The Morgan fingerprint density at radius 2 is 1.41 bits per heavy atom. The summed E-state index contributed by atoms with van der Waals surface area (Å²) in [5.74, 6) is -0.794. The van der Waals surface area contributed by atoms with Crippen molar-refractivity contribution in [1.29, 1.82) is 0 Å². The summed E-state index contributed by atoms with van der Waals surface area (Å²) in [6, 6.07) is 24.6. The summed E-state index contributed by atoms with van der Waals surface area (Å²) in [5.41, 5.74) is 1.92. The number of carbonyl (C=O) groups excluding carboxylic acids is 4. The van der Waals surface area contributed by atoms with Crippen molar-refractivity contribution >= 4 is 23.9 Å². The molecule has 44 heavy (non-hydrogen) atoms. The summed E-state index contributed by atoms with van der Waals surface area (Å²) in [6.45, 7) is 6.84. The van der Waals surface area contributed by atoms with E-state index in [-0.39, 0.29) is 12.4 Å². The van der Waals surface area contributed by atoms with Crippen LogP contribution in [0.4, 0.5) is 9.59 Å². The number of benzene rings is 3. The quantitative estimate of drug-likeness (QED) is 0.367. The molecule has 0 saturated carbocycles. The SMILES string of the molecule is C[C@H](NC(=O)OC(C)(C)C)C(=O)C1=CN2C(=O)[C@H](NC(=O)OCc3ccccc3)[C@@H](c3ccccc3)N2[C@H]1c1ccccc1.